The summed E-state index contributed by atoms with van der Waals surface area (Å²) in [6, 6.07) is 12.8. The van der Waals surface area contributed by atoms with Crippen LogP contribution in [0.4, 0.5) is 5.69 Å². The number of amides is 1. The van der Waals surface area contributed by atoms with Gasteiger partial charge in [-0.05, 0) is 62.2 Å². The first-order valence-electron chi connectivity index (χ1n) is 10.4. The van der Waals surface area contributed by atoms with Gasteiger partial charge in [-0.15, -0.1) is 0 Å². The molecule has 0 radical (unpaired) electrons. The molecule has 8 nitrogen and oxygen atoms in total. The molecule has 0 bridgehead atoms. The molecule has 4 rings (SSSR count). The molecule has 2 aromatic carbocycles. The summed E-state index contributed by atoms with van der Waals surface area (Å²) < 4.78 is 32.0. The molecular formula is C23H22ClN3O5S. The second-order valence-electron chi connectivity index (χ2n) is 7.72. The van der Waals surface area contributed by atoms with Crippen molar-refractivity contribution in [1.82, 2.24) is 9.29 Å². The van der Waals surface area contributed by atoms with Gasteiger partial charge >= 0.3 is 5.97 Å². The van der Waals surface area contributed by atoms with Crippen LogP contribution in [0, 0.1) is 6.92 Å². The predicted octanol–water partition coefficient (Wildman–Crippen LogP) is 3.78. The number of fused-ring (bicyclic) bond motifs is 1. The first-order valence-corrected chi connectivity index (χ1v) is 12.2. The van der Waals surface area contributed by atoms with Crippen molar-refractivity contribution in [1.29, 1.82) is 0 Å². The molecule has 1 aromatic heterocycles. The molecule has 3 aromatic rings. The Morgan fingerprint density at radius 1 is 1.12 bits per heavy atom. The van der Waals surface area contributed by atoms with Crippen LogP contribution in [0.3, 0.4) is 0 Å². The number of carbonyl (C=O) groups is 2. The number of nitrogens with one attached hydrogen (secondary N) is 1. The van der Waals surface area contributed by atoms with E-state index in [0.717, 1.165) is 12.8 Å². The van der Waals surface area contributed by atoms with Gasteiger partial charge in [0.25, 0.3) is 5.91 Å². The maximum atomic E-state index is 12.7. The van der Waals surface area contributed by atoms with Gasteiger partial charge in [0.05, 0.1) is 21.7 Å². The molecule has 1 N–H and O–H groups in total. The number of benzene rings is 2. The van der Waals surface area contributed by atoms with Crippen molar-refractivity contribution in [2.24, 2.45) is 0 Å². The van der Waals surface area contributed by atoms with Crippen LogP contribution in [-0.2, 0) is 19.6 Å². The summed E-state index contributed by atoms with van der Waals surface area (Å²) in [6.07, 6.45) is 1.67. The minimum Gasteiger partial charge on any atom is -0.452 e. The van der Waals surface area contributed by atoms with Crippen molar-refractivity contribution in [2.75, 3.05) is 25.0 Å². The second-order valence-corrected chi connectivity index (χ2v) is 10.1. The average molecular weight is 488 g/mol. The highest BCUT2D eigenvalue weighted by molar-refractivity contribution is 7.89. The number of sulfonamides is 1. The molecule has 0 spiro atoms. The maximum Gasteiger partial charge on any atom is 0.340 e. The zero-order chi connectivity index (χ0) is 23.6. The van der Waals surface area contributed by atoms with Crippen LogP contribution in [0.15, 0.2) is 53.4 Å². The lowest BCUT2D eigenvalue weighted by Gasteiger charge is -2.16. The summed E-state index contributed by atoms with van der Waals surface area (Å²) in [5.41, 5.74) is 1.69. The fraction of sp³-hybridized carbons (Fsp3) is 0.261. The van der Waals surface area contributed by atoms with Gasteiger partial charge in [-0.2, -0.15) is 4.31 Å². The van der Waals surface area contributed by atoms with Crippen LogP contribution in [0.2, 0.25) is 5.02 Å². The van der Waals surface area contributed by atoms with Crippen molar-refractivity contribution in [3.63, 3.8) is 0 Å². The van der Waals surface area contributed by atoms with Crippen LogP contribution >= 0.6 is 11.6 Å². The van der Waals surface area contributed by atoms with Gasteiger partial charge in [0.15, 0.2) is 6.61 Å². The van der Waals surface area contributed by atoms with E-state index in [0.29, 0.717) is 40.4 Å². The lowest BCUT2D eigenvalue weighted by atomic mass is 10.1. The molecule has 1 aliphatic heterocycles. The molecule has 1 saturated heterocycles. The van der Waals surface area contributed by atoms with Crippen LogP contribution in [-0.4, -0.2) is 49.3 Å². The van der Waals surface area contributed by atoms with Crippen molar-refractivity contribution in [3.05, 3.63) is 64.8 Å². The molecule has 33 heavy (non-hydrogen) atoms. The highest BCUT2D eigenvalue weighted by Gasteiger charge is 2.27. The molecule has 0 aliphatic carbocycles. The van der Waals surface area contributed by atoms with E-state index in [4.69, 9.17) is 16.3 Å². The Kier molecular flexibility index (Phi) is 6.64. The van der Waals surface area contributed by atoms with Gasteiger partial charge in [0.1, 0.15) is 0 Å². The number of aryl methyl sites for hydroxylation is 1. The van der Waals surface area contributed by atoms with Crippen LogP contribution < -0.4 is 5.32 Å². The Morgan fingerprint density at radius 2 is 1.88 bits per heavy atom. The molecule has 2 heterocycles. The Morgan fingerprint density at radius 3 is 2.64 bits per heavy atom. The highest BCUT2D eigenvalue weighted by Crippen LogP contribution is 2.24. The third kappa shape index (κ3) is 5.16. The van der Waals surface area contributed by atoms with E-state index < -0.39 is 28.5 Å². The molecule has 10 heteroatoms. The van der Waals surface area contributed by atoms with Gasteiger partial charge in [-0.1, -0.05) is 17.7 Å². The third-order valence-corrected chi connectivity index (χ3v) is 7.47. The van der Waals surface area contributed by atoms with Crippen molar-refractivity contribution in [3.8, 4) is 0 Å². The molecule has 172 valence electrons. The highest BCUT2D eigenvalue weighted by atomic mass is 35.5. The number of halogens is 1. The summed E-state index contributed by atoms with van der Waals surface area (Å²) >= 11 is 6.01. The standard InChI is InChI=1S/C23H22ClN3O5S/c1-15-20(12-16-11-17(24)7-8-21(16)25-15)23(29)32-14-22(28)26-18-5-4-6-19(13-18)33(30,31)27-9-2-3-10-27/h4-8,11-13H,2-3,9-10,14H2,1H3,(H,26,28). The quantitative estimate of drug-likeness (QED) is 0.530. The Labute approximate surface area is 196 Å². The van der Waals surface area contributed by atoms with Crippen LogP contribution in [0.5, 0.6) is 0 Å². The monoisotopic (exact) mass is 487 g/mol. The Bertz CT molecular complexity index is 1340. The van der Waals surface area contributed by atoms with Gasteiger partial charge in [-0.25, -0.2) is 13.2 Å². The Balaban J connectivity index is 1.41. The smallest absolute Gasteiger partial charge is 0.340 e. The zero-order valence-corrected chi connectivity index (χ0v) is 19.4. The number of anilines is 1. The number of ether oxygens (including phenoxy) is 1. The average Bonchev–Trinajstić information content (AvgIpc) is 3.33. The van der Waals surface area contributed by atoms with E-state index in [2.05, 4.69) is 10.3 Å². The van der Waals surface area contributed by atoms with E-state index in [1.165, 1.54) is 16.4 Å². The minimum absolute atomic E-state index is 0.107. The number of rotatable bonds is 6. The molecule has 1 amide bonds. The topological polar surface area (TPSA) is 106 Å². The van der Waals surface area contributed by atoms with Gasteiger partial charge in [-0.3, -0.25) is 9.78 Å². The lowest BCUT2D eigenvalue weighted by Crippen LogP contribution is -2.28. The number of nitrogens with zero attached hydrogens (tertiary/aromatic N) is 2. The maximum absolute atomic E-state index is 12.7. The number of carbonyl (C=O) groups excluding carboxylic acids is 2. The van der Waals surface area contributed by atoms with Gasteiger partial charge < -0.3 is 10.1 Å². The molecule has 1 fully saturated rings. The normalized spacial score (nSPS) is 14.4. The first kappa shape index (κ1) is 23.2. The fourth-order valence-electron chi connectivity index (χ4n) is 3.67. The molecule has 0 atom stereocenters. The van der Waals surface area contributed by atoms with Crippen molar-refractivity contribution in [2.45, 2.75) is 24.7 Å². The number of pyridine rings is 1. The van der Waals surface area contributed by atoms with E-state index >= 15 is 0 Å². The number of hydrogen-bond donors (Lipinski definition) is 1. The summed E-state index contributed by atoms with van der Waals surface area (Å²) in [6.45, 7) is 2.13. The summed E-state index contributed by atoms with van der Waals surface area (Å²) in [5.74, 6) is -1.28. The summed E-state index contributed by atoms with van der Waals surface area (Å²) in [7, 11) is -3.60. The van der Waals surface area contributed by atoms with Gasteiger partial charge in [0, 0.05) is 29.2 Å². The predicted molar refractivity (Wildman–Crippen MR) is 125 cm³/mol. The van der Waals surface area contributed by atoms with Crippen LogP contribution in [0.25, 0.3) is 10.9 Å². The second kappa shape index (κ2) is 9.46. The minimum atomic E-state index is -3.60. The van der Waals surface area contributed by atoms with Crippen molar-refractivity contribution >= 4 is 50.1 Å². The number of esters is 1. The van der Waals surface area contributed by atoms with E-state index in [-0.39, 0.29) is 10.5 Å². The molecule has 0 saturated carbocycles. The molecule has 0 unspecified atom stereocenters. The molecule has 1 aliphatic rings. The SMILES string of the molecule is Cc1nc2ccc(Cl)cc2cc1C(=O)OCC(=O)Nc1cccc(S(=O)(=O)N2CCCC2)c1. The summed E-state index contributed by atoms with van der Waals surface area (Å²) in [5, 5.41) is 3.77. The Hall–Kier alpha value is -3.01. The largest absolute Gasteiger partial charge is 0.452 e. The van der Waals surface area contributed by atoms with E-state index in [9.17, 15) is 18.0 Å². The van der Waals surface area contributed by atoms with E-state index in [1.807, 2.05) is 0 Å². The van der Waals surface area contributed by atoms with Crippen molar-refractivity contribution < 1.29 is 22.7 Å². The third-order valence-electron chi connectivity index (χ3n) is 5.34. The van der Waals surface area contributed by atoms with Gasteiger partial charge in [0.2, 0.25) is 10.0 Å². The molecular weight excluding hydrogens is 466 g/mol. The summed E-state index contributed by atoms with van der Waals surface area (Å²) in [4.78, 5) is 29.3. The number of aromatic nitrogens is 1. The first-order chi connectivity index (χ1) is 15.7. The number of hydrogen-bond acceptors (Lipinski definition) is 6. The fourth-order valence-corrected chi connectivity index (χ4v) is 5.41. The zero-order valence-electron chi connectivity index (χ0n) is 17.9. The lowest BCUT2D eigenvalue weighted by molar-refractivity contribution is -0.119. The van der Waals surface area contributed by atoms with E-state index in [1.54, 1.807) is 43.3 Å². The van der Waals surface area contributed by atoms with Crippen LogP contribution in [0.1, 0.15) is 28.9 Å².